The van der Waals surface area contributed by atoms with Crippen molar-refractivity contribution in [1.82, 2.24) is 14.6 Å². The second-order valence-corrected chi connectivity index (χ2v) is 6.84. The van der Waals surface area contributed by atoms with Crippen molar-refractivity contribution in [2.24, 2.45) is 0 Å². The molecule has 0 aliphatic rings. The molecule has 7 nitrogen and oxygen atoms in total. The minimum absolute atomic E-state index is 0.00342. The lowest BCUT2D eigenvalue weighted by atomic mass is 10.1. The summed E-state index contributed by atoms with van der Waals surface area (Å²) in [5.74, 6) is -0.806. The van der Waals surface area contributed by atoms with Crippen molar-refractivity contribution in [1.29, 1.82) is 0 Å². The molecule has 4 aromatic rings. The molecule has 10 heteroatoms. The molecule has 0 aliphatic carbocycles. The molecule has 2 aromatic heterocycles. The summed E-state index contributed by atoms with van der Waals surface area (Å²) in [5.41, 5.74) is 3.70. The number of nitrogens with one attached hydrogen (secondary N) is 2. The van der Waals surface area contributed by atoms with Crippen molar-refractivity contribution in [2.45, 2.75) is 13.1 Å². The molecule has 0 radical (unpaired) electrons. The first kappa shape index (κ1) is 20.2. The van der Waals surface area contributed by atoms with Gasteiger partial charge in [0, 0.05) is 11.4 Å². The van der Waals surface area contributed by atoms with Gasteiger partial charge in [0.2, 0.25) is 0 Å². The van der Waals surface area contributed by atoms with Gasteiger partial charge in [-0.2, -0.15) is 17.7 Å². The lowest BCUT2D eigenvalue weighted by Gasteiger charge is -2.08. The smallest absolute Gasteiger partial charge is 0.399 e. The van der Waals surface area contributed by atoms with Gasteiger partial charge < -0.3 is 11.1 Å². The molecule has 4 rings (SSSR count). The topological polar surface area (TPSA) is 105 Å². The molecule has 0 saturated carbocycles. The zero-order chi connectivity index (χ0) is 22.3. The summed E-state index contributed by atoms with van der Waals surface area (Å²) in [4.78, 5) is 29.9. The van der Waals surface area contributed by atoms with Crippen molar-refractivity contribution >= 4 is 22.9 Å². The number of aryl methyl sites for hydroxylation is 1. The molecule has 0 bridgehead atoms. The fourth-order valence-electron chi connectivity index (χ4n) is 3.33. The number of fused-ring (bicyclic) bond motifs is 1. The number of halogens is 3. The van der Waals surface area contributed by atoms with E-state index >= 15 is 0 Å². The van der Waals surface area contributed by atoms with Crippen LogP contribution >= 0.6 is 0 Å². The molecule has 2 aromatic carbocycles. The number of H-pyrrole nitrogens is 1. The van der Waals surface area contributed by atoms with Gasteiger partial charge in [0.15, 0.2) is 5.65 Å². The number of nitrogen functional groups attached to an aromatic ring is 1. The summed E-state index contributed by atoms with van der Waals surface area (Å²) in [7, 11) is 0. The summed E-state index contributed by atoms with van der Waals surface area (Å²) in [6, 6.07) is 14.1. The van der Waals surface area contributed by atoms with Crippen LogP contribution in [0.1, 0.15) is 21.7 Å². The van der Waals surface area contributed by atoms with Gasteiger partial charge in [-0.3, -0.25) is 14.7 Å². The molecular weight excluding hydrogens is 411 g/mol. The highest BCUT2D eigenvalue weighted by atomic mass is 19.4. The Hall–Kier alpha value is -4.08. The number of anilines is 2. The number of hydrogen-bond donors (Lipinski definition) is 3. The minimum Gasteiger partial charge on any atom is -0.399 e. The van der Waals surface area contributed by atoms with Crippen LogP contribution in [0.4, 0.5) is 24.5 Å². The third-order valence-electron chi connectivity index (χ3n) is 4.68. The third-order valence-corrected chi connectivity index (χ3v) is 4.68. The van der Waals surface area contributed by atoms with Gasteiger partial charge in [0.25, 0.3) is 11.5 Å². The Kier molecular flexibility index (Phi) is 4.77. The van der Waals surface area contributed by atoms with E-state index < -0.39 is 23.3 Å². The van der Waals surface area contributed by atoms with Gasteiger partial charge >= 0.3 is 6.18 Å². The van der Waals surface area contributed by atoms with Crippen LogP contribution in [-0.2, 0) is 6.18 Å². The highest BCUT2D eigenvalue weighted by Crippen LogP contribution is 2.38. The highest BCUT2D eigenvalue weighted by molar-refractivity contribution is 6.05. The number of aromatic amines is 1. The largest absolute Gasteiger partial charge is 0.433 e. The molecule has 0 aliphatic heterocycles. The zero-order valence-electron chi connectivity index (χ0n) is 16.1. The van der Waals surface area contributed by atoms with Gasteiger partial charge in [-0.1, -0.05) is 36.4 Å². The maximum absolute atomic E-state index is 13.7. The molecule has 2 heterocycles. The van der Waals surface area contributed by atoms with Crippen LogP contribution in [0.3, 0.4) is 0 Å². The molecule has 0 unspecified atom stereocenters. The molecule has 0 atom stereocenters. The molecule has 0 spiro atoms. The quantitative estimate of drug-likeness (QED) is 0.432. The van der Waals surface area contributed by atoms with Crippen molar-refractivity contribution in [3.05, 3.63) is 81.9 Å². The van der Waals surface area contributed by atoms with E-state index in [9.17, 15) is 22.8 Å². The SMILES string of the molecule is Cc1nc2c(-c3ccccc3)c(C(F)(F)F)[nH]n2c(=O)c1C(=O)Nc1cccc(N)c1. The van der Waals surface area contributed by atoms with Crippen LogP contribution in [0, 0.1) is 6.92 Å². The van der Waals surface area contributed by atoms with Gasteiger partial charge in [-0.05, 0) is 30.7 Å². The Labute approximate surface area is 173 Å². The molecule has 1 amide bonds. The molecule has 0 saturated heterocycles. The fraction of sp³-hybridized carbons (Fsp3) is 0.0952. The van der Waals surface area contributed by atoms with E-state index in [0.717, 1.165) is 0 Å². The maximum Gasteiger partial charge on any atom is 0.433 e. The van der Waals surface area contributed by atoms with E-state index in [-0.39, 0.29) is 28.0 Å². The van der Waals surface area contributed by atoms with Gasteiger partial charge in [-0.15, -0.1) is 0 Å². The summed E-state index contributed by atoms with van der Waals surface area (Å²) < 4.78 is 41.8. The van der Waals surface area contributed by atoms with Crippen LogP contribution in [0.5, 0.6) is 0 Å². The normalized spacial score (nSPS) is 11.6. The van der Waals surface area contributed by atoms with Gasteiger partial charge in [0.05, 0.1) is 11.3 Å². The predicted molar refractivity (Wildman–Crippen MR) is 110 cm³/mol. The Morgan fingerprint density at radius 3 is 2.48 bits per heavy atom. The van der Waals surface area contributed by atoms with E-state index in [2.05, 4.69) is 15.4 Å². The van der Waals surface area contributed by atoms with Crippen LogP contribution in [0.25, 0.3) is 16.8 Å². The number of alkyl halides is 3. The minimum atomic E-state index is -4.77. The lowest BCUT2D eigenvalue weighted by Crippen LogP contribution is -2.29. The van der Waals surface area contributed by atoms with E-state index in [1.165, 1.54) is 25.1 Å². The Morgan fingerprint density at radius 2 is 1.84 bits per heavy atom. The van der Waals surface area contributed by atoms with Gasteiger partial charge in [0.1, 0.15) is 11.3 Å². The summed E-state index contributed by atoms with van der Waals surface area (Å²) in [6.07, 6.45) is -4.77. The van der Waals surface area contributed by atoms with Crippen molar-refractivity contribution in [3.63, 3.8) is 0 Å². The third kappa shape index (κ3) is 3.63. The van der Waals surface area contributed by atoms with E-state index in [1.807, 2.05) is 0 Å². The number of carbonyl (C=O) groups is 1. The second-order valence-electron chi connectivity index (χ2n) is 6.84. The van der Waals surface area contributed by atoms with Crippen molar-refractivity contribution in [2.75, 3.05) is 11.1 Å². The Morgan fingerprint density at radius 1 is 1.13 bits per heavy atom. The van der Waals surface area contributed by atoms with Gasteiger partial charge in [-0.25, -0.2) is 4.98 Å². The number of benzene rings is 2. The highest BCUT2D eigenvalue weighted by Gasteiger charge is 2.38. The number of rotatable bonds is 3. The number of carbonyl (C=O) groups excluding carboxylic acids is 1. The van der Waals surface area contributed by atoms with Crippen LogP contribution in [0.15, 0.2) is 59.4 Å². The van der Waals surface area contributed by atoms with E-state index in [4.69, 9.17) is 5.73 Å². The average Bonchev–Trinajstić information content (AvgIpc) is 3.09. The fourth-order valence-corrected chi connectivity index (χ4v) is 3.33. The molecule has 4 N–H and O–H groups in total. The molecule has 0 fully saturated rings. The first-order valence-corrected chi connectivity index (χ1v) is 9.11. The maximum atomic E-state index is 13.7. The van der Waals surface area contributed by atoms with E-state index in [0.29, 0.717) is 15.9 Å². The summed E-state index contributed by atoms with van der Waals surface area (Å²) >= 11 is 0. The Bertz CT molecular complexity index is 1360. The predicted octanol–water partition coefficient (Wildman–Crippen LogP) is 3.85. The standard InChI is InChI=1S/C21H16F3N5O2/c1-11-15(19(30)27-14-9-5-8-13(25)10-14)20(31)29-18(26-11)16(12-6-3-2-4-7-12)17(28-29)21(22,23)24/h2-10,28H,25H2,1H3,(H,27,30). The number of nitrogens with zero attached hydrogens (tertiary/aromatic N) is 2. The monoisotopic (exact) mass is 427 g/mol. The molecule has 158 valence electrons. The number of nitrogens with two attached hydrogens (primary N) is 1. The lowest BCUT2D eigenvalue weighted by molar-refractivity contribution is -0.140. The van der Waals surface area contributed by atoms with Crippen LogP contribution in [-0.4, -0.2) is 20.5 Å². The first-order valence-electron chi connectivity index (χ1n) is 9.11. The van der Waals surface area contributed by atoms with Crippen molar-refractivity contribution in [3.8, 4) is 11.1 Å². The molecular formula is C21H16F3N5O2. The van der Waals surface area contributed by atoms with Crippen LogP contribution in [0.2, 0.25) is 0 Å². The van der Waals surface area contributed by atoms with Crippen LogP contribution < -0.4 is 16.6 Å². The summed E-state index contributed by atoms with van der Waals surface area (Å²) in [6.45, 7) is 1.39. The van der Waals surface area contributed by atoms with E-state index in [1.54, 1.807) is 36.4 Å². The van der Waals surface area contributed by atoms with Crippen molar-refractivity contribution < 1.29 is 18.0 Å². The Balaban J connectivity index is 1.91. The number of hydrogen-bond acceptors (Lipinski definition) is 4. The molecule has 31 heavy (non-hydrogen) atoms. The first-order chi connectivity index (χ1) is 14.7. The zero-order valence-corrected chi connectivity index (χ0v) is 16.1. The average molecular weight is 427 g/mol. The summed E-state index contributed by atoms with van der Waals surface area (Å²) in [5, 5.41) is 4.60. The number of amides is 1. The number of aromatic nitrogens is 3. The second kappa shape index (κ2) is 7.31.